The van der Waals surface area contributed by atoms with E-state index in [0.29, 0.717) is 16.9 Å². The van der Waals surface area contributed by atoms with Gasteiger partial charge in [-0.05, 0) is 23.1 Å². The summed E-state index contributed by atoms with van der Waals surface area (Å²) in [5.41, 5.74) is 8.46. The van der Waals surface area contributed by atoms with Gasteiger partial charge in [0, 0.05) is 5.56 Å². The van der Waals surface area contributed by atoms with Crippen molar-refractivity contribution in [3.63, 3.8) is 0 Å². The molecule has 3 heteroatoms. The lowest BCUT2D eigenvalue weighted by Gasteiger charge is -2.18. The Morgan fingerprint density at radius 1 is 1.05 bits per heavy atom. The second-order valence-corrected chi connectivity index (χ2v) is 5.63. The number of hydrogen-bond donors (Lipinski definition) is 1. The summed E-state index contributed by atoms with van der Waals surface area (Å²) >= 11 is 0. The normalized spacial score (nSPS) is 11.3. The average Bonchev–Trinajstić information content (AvgIpc) is 2.38. The highest BCUT2D eigenvalue weighted by Gasteiger charge is 2.15. The Kier molecular flexibility index (Phi) is 3.38. The van der Waals surface area contributed by atoms with Gasteiger partial charge in [0.05, 0.1) is 11.9 Å². The number of hydrogen-bond acceptors (Lipinski definition) is 3. The van der Waals surface area contributed by atoms with E-state index in [-0.39, 0.29) is 11.2 Å². The Labute approximate surface area is 113 Å². The van der Waals surface area contributed by atoms with E-state index in [1.165, 1.54) is 11.8 Å². The number of anilines is 1. The van der Waals surface area contributed by atoms with E-state index in [0.717, 1.165) is 0 Å². The fraction of sp³-hybridized carbons (Fsp3) is 0.250. The molecule has 0 aliphatic rings. The molecule has 2 aromatic rings. The molecule has 2 N–H and O–H groups in total. The smallest absolute Gasteiger partial charge is 0.211 e. The first-order valence-corrected chi connectivity index (χ1v) is 6.25. The topological polar surface area (TPSA) is 56.0 Å². The van der Waals surface area contributed by atoms with Gasteiger partial charge in [0.15, 0.2) is 0 Å². The van der Waals surface area contributed by atoms with Crippen molar-refractivity contribution in [3.05, 3.63) is 59.4 Å². The highest BCUT2D eigenvalue weighted by Crippen LogP contribution is 2.22. The van der Waals surface area contributed by atoms with Crippen molar-refractivity contribution in [1.82, 2.24) is 4.98 Å². The molecule has 2 rings (SSSR count). The Balaban J connectivity index is 2.27. The number of nitrogen functional groups attached to an aromatic ring is 1. The summed E-state index contributed by atoms with van der Waals surface area (Å²) in [7, 11) is 0. The molecule has 0 aliphatic carbocycles. The van der Waals surface area contributed by atoms with Crippen molar-refractivity contribution in [3.8, 4) is 0 Å². The van der Waals surface area contributed by atoms with Crippen LogP contribution in [0.3, 0.4) is 0 Å². The average molecular weight is 254 g/mol. The minimum Gasteiger partial charge on any atom is -0.397 e. The summed E-state index contributed by atoms with van der Waals surface area (Å²) in [6, 6.07) is 11.0. The van der Waals surface area contributed by atoms with Crippen LogP contribution in [0.25, 0.3) is 0 Å². The highest BCUT2D eigenvalue weighted by atomic mass is 16.1. The van der Waals surface area contributed by atoms with Gasteiger partial charge in [-0.25, -0.2) is 0 Å². The minimum absolute atomic E-state index is 0.0829. The maximum Gasteiger partial charge on any atom is 0.211 e. The first-order valence-electron chi connectivity index (χ1n) is 6.25. The van der Waals surface area contributed by atoms with Crippen molar-refractivity contribution in [2.75, 3.05) is 5.73 Å². The van der Waals surface area contributed by atoms with Gasteiger partial charge in [0.2, 0.25) is 5.78 Å². The van der Waals surface area contributed by atoms with Gasteiger partial charge in [0.1, 0.15) is 5.69 Å². The van der Waals surface area contributed by atoms with Crippen LogP contribution in [0.5, 0.6) is 0 Å². The molecule has 19 heavy (non-hydrogen) atoms. The number of aromatic nitrogens is 1. The molecule has 0 bridgehead atoms. The van der Waals surface area contributed by atoms with Crippen LogP contribution >= 0.6 is 0 Å². The predicted molar refractivity (Wildman–Crippen MR) is 77.2 cm³/mol. The molecule has 0 saturated heterocycles. The second-order valence-electron chi connectivity index (χ2n) is 5.63. The van der Waals surface area contributed by atoms with Crippen molar-refractivity contribution in [2.24, 2.45) is 0 Å². The molecule has 0 atom stereocenters. The summed E-state index contributed by atoms with van der Waals surface area (Å²) in [6.45, 7) is 6.43. The van der Waals surface area contributed by atoms with Crippen LogP contribution in [0, 0.1) is 0 Å². The molecule has 0 amide bonds. The number of benzene rings is 1. The Morgan fingerprint density at radius 3 is 2.16 bits per heavy atom. The Hall–Kier alpha value is -2.16. The van der Waals surface area contributed by atoms with E-state index < -0.39 is 0 Å². The molecule has 0 aliphatic heterocycles. The maximum absolute atomic E-state index is 12.2. The van der Waals surface area contributed by atoms with E-state index >= 15 is 0 Å². The summed E-state index contributed by atoms with van der Waals surface area (Å²) in [5.74, 6) is -0.0829. The lowest BCUT2D eigenvalue weighted by molar-refractivity contribution is 0.103. The zero-order valence-electron chi connectivity index (χ0n) is 11.5. The first kappa shape index (κ1) is 13.3. The van der Waals surface area contributed by atoms with E-state index in [2.05, 4.69) is 25.8 Å². The van der Waals surface area contributed by atoms with Crippen LogP contribution in [0.15, 0.2) is 42.6 Å². The van der Waals surface area contributed by atoms with Crippen molar-refractivity contribution < 1.29 is 4.79 Å². The molecule has 0 saturated carbocycles. The van der Waals surface area contributed by atoms with Crippen molar-refractivity contribution >= 4 is 11.5 Å². The molecule has 3 nitrogen and oxygen atoms in total. The molecule has 0 spiro atoms. The van der Waals surface area contributed by atoms with Crippen LogP contribution in [0.1, 0.15) is 42.4 Å². The van der Waals surface area contributed by atoms with Gasteiger partial charge in [0.25, 0.3) is 0 Å². The third-order valence-electron chi connectivity index (χ3n) is 3.03. The summed E-state index contributed by atoms with van der Waals surface area (Å²) in [4.78, 5) is 16.3. The van der Waals surface area contributed by atoms with E-state index in [1.807, 2.05) is 24.3 Å². The molecule has 1 heterocycles. The SMILES string of the molecule is CC(C)(C)c1ccc(C(=O)c2ccc(N)cn2)cc1. The van der Waals surface area contributed by atoms with Crippen LogP contribution < -0.4 is 5.73 Å². The minimum atomic E-state index is -0.0829. The fourth-order valence-electron chi connectivity index (χ4n) is 1.81. The molecule has 0 radical (unpaired) electrons. The van der Waals surface area contributed by atoms with Gasteiger partial charge in [-0.2, -0.15) is 0 Å². The van der Waals surface area contributed by atoms with Gasteiger partial charge in [-0.1, -0.05) is 45.0 Å². The van der Waals surface area contributed by atoms with Gasteiger partial charge in [-0.3, -0.25) is 9.78 Å². The first-order chi connectivity index (χ1) is 8.88. The van der Waals surface area contributed by atoms with Crippen LogP contribution in [0.2, 0.25) is 0 Å². The highest BCUT2D eigenvalue weighted by molar-refractivity contribution is 6.07. The lowest BCUT2D eigenvalue weighted by Crippen LogP contribution is -2.11. The number of carbonyl (C=O) groups is 1. The molecule has 0 fully saturated rings. The van der Waals surface area contributed by atoms with Gasteiger partial charge in [-0.15, -0.1) is 0 Å². The zero-order valence-corrected chi connectivity index (χ0v) is 11.5. The van der Waals surface area contributed by atoms with E-state index in [1.54, 1.807) is 12.1 Å². The van der Waals surface area contributed by atoms with Gasteiger partial charge >= 0.3 is 0 Å². The summed E-state index contributed by atoms with van der Waals surface area (Å²) in [6.07, 6.45) is 1.50. The number of pyridine rings is 1. The quantitative estimate of drug-likeness (QED) is 0.837. The Bertz CT molecular complexity index is 578. The zero-order chi connectivity index (χ0) is 14.0. The molecule has 98 valence electrons. The summed E-state index contributed by atoms with van der Waals surface area (Å²) < 4.78 is 0. The predicted octanol–water partition coefficient (Wildman–Crippen LogP) is 3.19. The second kappa shape index (κ2) is 4.84. The number of rotatable bonds is 2. The Morgan fingerprint density at radius 2 is 1.68 bits per heavy atom. The van der Waals surface area contributed by atoms with Crippen molar-refractivity contribution in [1.29, 1.82) is 0 Å². The summed E-state index contributed by atoms with van der Waals surface area (Å²) in [5, 5.41) is 0. The number of nitrogens with zero attached hydrogens (tertiary/aromatic N) is 1. The maximum atomic E-state index is 12.2. The van der Waals surface area contributed by atoms with Crippen LogP contribution in [-0.4, -0.2) is 10.8 Å². The molecule has 1 aromatic carbocycles. The van der Waals surface area contributed by atoms with E-state index in [4.69, 9.17) is 5.73 Å². The number of carbonyl (C=O) groups excluding carboxylic acids is 1. The number of ketones is 1. The molecular formula is C16H18N2O. The largest absolute Gasteiger partial charge is 0.397 e. The molecule has 0 unspecified atom stereocenters. The van der Waals surface area contributed by atoms with Crippen LogP contribution in [-0.2, 0) is 5.41 Å². The third-order valence-corrected chi connectivity index (χ3v) is 3.03. The molecule has 1 aromatic heterocycles. The monoisotopic (exact) mass is 254 g/mol. The number of nitrogens with two attached hydrogens (primary N) is 1. The van der Waals surface area contributed by atoms with Crippen LogP contribution in [0.4, 0.5) is 5.69 Å². The fourth-order valence-corrected chi connectivity index (χ4v) is 1.81. The third kappa shape index (κ3) is 2.99. The standard InChI is InChI=1S/C16H18N2O/c1-16(2,3)12-6-4-11(5-7-12)15(19)14-9-8-13(17)10-18-14/h4-10H,17H2,1-3H3. The van der Waals surface area contributed by atoms with E-state index in [9.17, 15) is 4.79 Å². The van der Waals surface area contributed by atoms with Crippen molar-refractivity contribution in [2.45, 2.75) is 26.2 Å². The molecular weight excluding hydrogens is 236 g/mol. The van der Waals surface area contributed by atoms with Gasteiger partial charge < -0.3 is 5.73 Å². The lowest BCUT2D eigenvalue weighted by atomic mass is 9.86.